The van der Waals surface area contributed by atoms with Crippen LogP contribution in [-0.2, 0) is 14.3 Å². The van der Waals surface area contributed by atoms with E-state index in [1.54, 1.807) is 0 Å². The van der Waals surface area contributed by atoms with Gasteiger partial charge in [0.25, 0.3) is 0 Å². The molecule has 0 fully saturated rings. The van der Waals surface area contributed by atoms with Crippen LogP contribution in [-0.4, -0.2) is 11.8 Å². The van der Waals surface area contributed by atoms with Gasteiger partial charge in [0.1, 0.15) is 0 Å². The summed E-state index contributed by atoms with van der Waals surface area (Å²) in [5, 5.41) is 0. The Bertz CT molecular complexity index is 170. The molecule has 0 rings (SSSR count). The van der Waals surface area contributed by atoms with E-state index in [2.05, 4.69) is 11.3 Å². The molecule has 0 aromatic heterocycles. The Kier molecular flexibility index (Phi) is 4.18. The van der Waals surface area contributed by atoms with E-state index in [4.69, 9.17) is 0 Å². The summed E-state index contributed by atoms with van der Waals surface area (Å²) in [7, 11) is 0. The van der Waals surface area contributed by atoms with Gasteiger partial charge in [0, 0.05) is 6.42 Å². The lowest BCUT2D eigenvalue weighted by Crippen LogP contribution is -2.16. The first-order chi connectivity index (χ1) is 5.07. The van der Waals surface area contributed by atoms with Crippen molar-refractivity contribution in [3.8, 4) is 0 Å². The lowest BCUT2D eigenvalue weighted by atomic mass is 10.1. The highest BCUT2D eigenvalue weighted by molar-refractivity contribution is 6.33. The highest BCUT2D eigenvalue weighted by atomic mass is 16.5. The number of carbonyl (C=O) groups is 2. The van der Waals surface area contributed by atoms with Crippen LogP contribution in [0, 0.1) is 5.92 Å². The smallest absolute Gasteiger partial charge is 0.379 e. The number of Topliss-reactive ketones (excluding diaryl/α,β-unsaturated/α-hetero) is 1. The predicted molar refractivity (Wildman–Crippen MR) is 40.8 cm³/mol. The minimum Gasteiger partial charge on any atom is -0.429 e. The SMILES string of the molecule is C=COC(=O)C(=O)CC(C)C. The molecule has 0 amide bonds. The normalized spacial score (nSPS) is 9.36. The van der Waals surface area contributed by atoms with Crippen molar-refractivity contribution in [1.29, 1.82) is 0 Å². The van der Waals surface area contributed by atoms with Gasteiger partial charge in [0.05, 0.1) is 6.26 Å². The van der Waals surface area contributed by atoms with E-state index < -0.39 is 11.8 Å². The van der Waals surface area contributed by atoms with Crippen LogP contribution in [0.5, 0.6) is 0 Å². The van der Waals surface area contributed by atoms with Gasteiger partial charge in [-0.25, -0.2) is 4.79 Å². The number of ketones is 1. The summed E-state index contributed by atoms with van der Waals surface area (Å²) >= 11 is 0. The van der Waals surface area contributed by atoms with Gasteiger partial charge in [-0.3, -0.25) is 4.79 Å². The molecule has 0 saturated carbocycles. The summed E-state index contributed by atoms with van der Waals surface area (Å²) in [6.45, 7) is 6.89. The number of rotatable bonds is 4. The van der Waals surface area contributed by atoms with Crippen LogP contribution >= 0.6 is 0 Å². The second-order valence-electron chi connectivity index (χ2n) is 2.59. The third-order valence-corrected chi connectivity index (χ3v) is 1.01. The fourth-order valence-electron chi connectivity index (χ4n) is 0.596. The highest BCUT2D eigenvalue weighted by Gasteiger charge is 2.15. The quantitative estimate of drug-likeness (QED) is 0.350. The molecule has 0 heterocycles. The summed E-state index contributed by atoms with van der Waals surface area (Å²) in [4.78, 5) is 21.5. The van der Waals surface area contributed by atoms with Crippen molar-refractivity contribution in [3.63, 3.8) is 0 Å². The number of hydrogen-bond donors (Lipinski definition) is 0. The minimum absolute atomic E-state index is 0.180. The fraction of sp³-hybridized carbons (Fsp3) is 0.500. The van der Waals surface area contributed by atoms with Gasteiger partial charge < -0.3 is 4.74 Å². The molecule has 0 aliphatic heterocycles. The Hall–Kier alpha value is -1.12. The van der Waals surface area contributed by atoms with Crippen molar-refractivity contribution in [3.05, 3.63) is 12.8 Å². The molecule has 0 aromatic rings. The van der Waals surface area contributed by atoms with Crippen LogP contribution in [0.1, 0.15) is 20.3 Å². The molecule has 0 aliphatic rings. The molecule has 11 heavy (non-hydrogen) atoms. The largest absolute Gasteiger partial charge is 0.429 e. The maximum Gasteiger partial charge on any atom is 0.379 e. The van der Waals surface area contributed by atoms with E-state index in [-0.39, 0.29) is 12.3 Å². The Labute approximate surface area is 66.0 Å². The molecule has 0 aliphatic carbocycles. The first-order valence-electron chi connectivity index (χ1n) is 3.42. The molecule has 0 spiro atoms. The average Bonchev–Trinajstić information content (AvgIpc) is 1.86. The number of hydrogen-bond acceptors (Lipinski definition) is 3. The molecule has 0 radical (unpaired) electrons. The summed E-state index contributed by atoms with van der Waals surface area (Å²) in [6.07, 6.45) is 1.19. The van der Waals surface area contributed by atoms with Gasteiger partial charge in [-0.15, -0.1) is 0 Å². The second-order valence-corrected chi connectivity index (χ2v) is 2.59. The molecular weight excluding hydrogens is 144 g/mol. The van der Waals surface area contributed by atoms with E-state index in [0.29, 0.717) is 0 Å². The Balaban J connectivity index is 3.83. The van der Waals surface area contributed by atoms with Crippen molar-refractivity contribution >= 4 is 11.8 Å². The molecular formula is C8H12O3. The molecule has 0 bridgehead atoms. The molecule has 3 heteroatoms. The first kappa shape index (κ1) is 9.88. The first-order valence-corrected chi connectivity index (χ1v) is 3.42. The number of carbonyl (C=O) groups excluding carboxylic acids is 2. The van der Waals surface area contributed by atoms with E-state index in [1.165, 1.54) is 0 Å². The van der Waals surface area contributed by atoms with Crippen molar-refractivity contribution in [2.45, 2.75) is 20.3 Å². The van der Waals surface area contributed by atoms with Crippen molar-refractivity contribution in [1.82, 2.24) is 0 Å². The molecule has 3 nitrogen and oxygen atoms in total. The summed E-state index contributed by atoms with van der Waals surface area (Å²) in [6, 6.07) is 0. The van der Waals surface area contributed by atoms with Gasteiger partial charge in [-0.2, -0.15) is 0 Å². The van der Waals surface area contributed by atoms with Crippen LogP contribution < -0.4 is 0 Å². The van der Waals surface area contributed by atoms with Crippen molar-refractivity contribution < 1.29 is 14.3 Å². The van der Waals surface area contributed by atoms with Crippen molar-refractivity contribution in [2.24, 2.45) is 5.92 Å². The second kappa shape index (κ2) is 4.66. The topological polar surface area (TPSA) is 43.4 Å². The van der Waals surface area contributed by atoms with E-state index in [1.807, 2.05) is 13.8 Å². The summed E-state index contributed by atoms with van der Waals surface area (Å²) in [5.41, 5.74) is 0. The maximum atomic E-state index is 10.8. The van der Waals surface area contributed by atoms with Crippen molar-refractivity contribution in [2.75, 3.05) is 0 Å². The third-order valence-electron chi connectivity index (χ3n) is 1.01. The van der Waals surface area contributed by atoms with E-state index >= 15 is 0 Å². The number of esters is 1. The van der Waals surface area contributed by atoms with Gasteiger partial charge in [0.15, 0.2) is 0 Å². The Morgan fingerprint density at radius 2 is 2.09 bits per heavy atom. The monoisotopic (exact) mass is 156 g/mol. The molecule has 0 N–H and O–H groups in total. The average molecular weight is 156 g/mol. The number of ether oxygens (including phenoxy) is 1. The van der Waals surface area contributed by atoms with Crippen LogP contribution in [0.2, 0.25) is 0 Å². The Morgan fingerprint density at radius 1 is 1.55 bits per heavy atom. The van der Waals surface area contributed by atoms with Crippen LogP contribution in [0.4, 0.5) is 0 Å². The maximum absolute atomic E-state index is 10.8. The van der Waals surface area contributed by atoms with E-state index in [0.717, 1.165) is 6.26 Å². The molecule has 0 unspecified atom stereocenters. The summed E-state index contributed by atoms with van der Waals surface area (Å²) in [5.74, 6) is -1.14. The lowest BCUT2D eigenvalue weighted by Gasteiger charge is -2.00. The molecule has 0 atom stereocenters. The minimum atomic E-state index is -0.825. The zero-order valence-corrected chi connectivity index (χ0v) is 6.79. The van der Waals surface area contributed by atoms with E-state index in [9.17, 15) is 9.59 Å². The molecule has 62 valence electrons. The molecule has 0 saturated heterocycles. The summed E-state index contributed by atoms with van der Waals surface area (Å²) < 4.78 is 4.28. The Morgan fingerprint density at radius 3 is 2.45 bits per heavy atom. The zero-order valence-electron chi connectivity index (χ0n) is 6.79. The van der Waals surface area contributed by atoms with Gasteiger partial charge in [-0.05, 0) is 5.92 Å². The van der Waals surface area contributed by atoms with Crippen LogP contribution in [0.3, 0.4) is 0 Å². The van der Waals surface area contributed by atoms with Crippen LogP contribution in [0.25, 0.3) is 0 Å². The predicted octanol–water partition coefficient (Wildman–Crippen LogP) is 1.29. The lowest BCUT2D eigenvalue weighted by molar-refractivity contribution is -0.150. The zero-order chi connectivity index (χ0) is 8.85. The third kappa shape index (κ3) is 4.31. The van der Waals surface area contributed by atoms with Crippen LogP contribution in [0.15, 0.2) is 12.8 Å². The van der Waals surface area contributed by atoms with Gasteiger partial charge in [0.2, 0.25) is 5.78 Å². The van der Waals surface area contributed by atoms with Gasteiger partial charge in [-0.1, -0.05) is 20.4 Å². The highest BCUT2D eigenvalue weighted by Crippen LogP contribution is 2.00. The fourth-order valence-corrected chi connectivity index (χ4v) is 0.596. The van der Waals surface area contributed by atoms with Gasteiger partial charge >= 0.3 is 5.97 Å². The standard InChI is InChI=1S/C8H12O3/c1-4-11-8(10)7(9)5-6(2)3/h4,6H,1,5H2,2-3H3. The molecule has 0 aromatic carbocycles.